The topological polar surface area (TPSA) is 95.9 Å². The van der Waals surface area contributed by atoms with Crippen LogP contribution < -0.4 is 10.6 Å². The summed E-state index contributed by atoms with van der Waals surface area (Å²) < 4.78 is 0. The predicted octanol–water partition coefficient (Wildman–Crippen LogP) is 3.21. The fourth-order valence-electron chi connectivity index (χ4n) is 3.46. The van der Waals surface area contributed by atoms with Crippen molar-refractivity contribution in [3.8, 4) is 11.4 Å². The number of amides is 1. The van der Waals surface area contributed by atoms with Crippen molar-refractivity contribution < 1.29 is 4.79 Å². The lowest BCUT2D eigenvalue weighted by Crippen LogP contribution is -2.29. The third-order valence-electron chi connectivity index (χ3n) is 4.97. The van der Waals surface area contributed by atoms with E-state index >= 15 is 0 Å². The van der Waals surface area contributed by atoms with Gasteiger partial charge in [-0.15, -0.1) is 0 Å². The van der Waals surface area contributed by atoms with Crippen molar-refractivity contribution in [2.45, 2.75) is 25.8 Å². The van der Waals surface area contributed by atoms with Crippen LogP contribution in [0.4, 0.5) is 11.6 Å². The molecule has 0 atom stereocenters. The van der Waals surface area contributed by atoms with Crippen molar-refractivity contribution in [3.05, 3.63) is 59.1 Å². The largest absolute Gasteiger partial charge is 0.356 e. The number of fused-ring (bicyclic) bond motifs is 7. The van der Waals surface area contributed by atoms with E-state index in [0.29, 0.717) is 42.9 Å². The van der Waals surface area contributed by atoms with Gasteiger partial charge in [0.05, 0.1) is 0 Å². The molecule has 3 aromatic rings. The summed E-state index contributed by atoms with van der Waals surface area (Å²) >= 11 is 6.34. The fourth-order valence-corrected chi connectivity index (χ4v) is 3.72. The van der Waals surface area contributed by atoms with E-state index < -0.39 is 0 Å². The second-order valence-corrected chi connectivity index (χ2v) is 8.02. The van der Waals surface area contributed by atoms with E-state index in [1.165, 1.54) is 6.33 Å². The Hall–Kier alpha value is -3.10. The minimum Gasteiger partial charge on any atom is -0.356 e. The summed E-state index contributed by atoms with van der Waals surface area (Å²) in [4.78, 5) is 31.8. The first-order valence-electron chi connectivity index (χ1n) is 10.2. The summed E-state index contributed by atoms with van der Waals surface area (Å²) in [6.45, 7) is 1.94. The zero-order valence-corrected chi connectivity index (χ0v) is 18.1. The van der Waals surface area contributed by atoms with E-state index in [2.05, 4.69) is 35.5 Å². The number of anilines is 2. The van der Waals surface area contributed by atoms with Crippen LogP contribution in [0.2, 0.25) is 5.02 Å². The van der Waals surface area contributed by atoms with Crippen LogP contribution in [0.5, 0.6) is 0 Å². The Morgan fingerprint density at radius 1 is 1.10 bits per heavy atom. The van der Waals surface area contributed by atoms with E-state index in [1.807, 2.05) is 37.4 Å². The molecule has 4 rings (SSSR count). The summed E-state index contributed by atoms with van der Waals surface area (Å²) in [6.07, 6.45) is 5.26. The maximum Gasteiger partial charge on any atom is 0.230 e. The highest BCUT2D eigenvalue weighted by molar-refractivity contribution is 6.30. The van der Waals surface area contributed by atoms with E-state index in [1.54, 1.807) is 6.20 Å². The summed E-state index contributed by atoms with van der Waals surface area (Å²) in [5, 5.41) is 6.83. The van der Waals surface area contributed by atoms with Crippen LogP contribution in [0.25, 0.3) is 11.4 Å². The number of benzene rings is 1. The van der Waals surface area contributed by atoms with Gasteiger partial charge in [-0.1, -0.05) is 11.6 Å². The molecule has 2 aromatic heterocycles. The molecule has 1 amide bonds. The first-order chi connectivity index (χ1) is 15.0. The molecule has 0 aliphatic carbocycles. The van der Waals surface area contributed by atoms with Gasteiger partial charge in [-0.25, -0.2) is 9.97 Å². The van der Waals surface area contributed by atoms with Gasteiger partial charge in [0.1, 0.15) is 6.33 Å². The quantitative estimate of drug-likeness (QED) is 0.557. The molecule has 0 spiro atoms. The van der Waals surface area contributed by atoms with Crippen LogP contribution in [0.3, 0.4) is 0 Å². The van der Waals surface area contributed by atoms with Gasteiger partial charge in [-0.05, 0) is 55.8 Å². The zero-order chi connectivity index (χ0) is 21.6. The molecule has 0 saturated heterocycles. The van der Waals surface area contributed by atoms with Gasteiger partial charge in [-0.3, -0.25) is 9.78 Å². The molecule has 1 aliphatic heterocycles. The molecular formula is C22H24ClN7O. The highest BCUT2D eigenvalue weighted by Crippen LogP contribution is 2.23. The standard InChI is InChI=1S/C22H24ClN7O/c1-30-8-5-20(31)25-6-2-3-18-11-16(4-7-24-18)21-26-14-27-22(29-21)28-19-10-15(13-30)9-17(23)12-19/h4,7,9-12,14H,2-3,5-6,8,13H2,1H3,(H,25,31)(H,26,27,28,29). The Balaban J connectivity index is 1.65. The summed E-state index contributed by atoms with van der Waals surface area (Å²) in [7, 11) is 1.99. The molecule has 3 heterocycles. The number of carbonyl (C=O) groups excluding carboxylic acids is 1. The van der Waals surface area contributed by atoms with Crippen molar-refractivity contribution in [2.75, 3.05) is 25.5 Å². The number of halogens is 1. The van der Waals surface area contributed by atoms with E-state index in [0.717, 1.165) is 35.3 Å². The Kier molecular flexibility index (Phi) is 6.69. The summed E-state index contributed by atoms with van der Waals surface area (Å²) in [5.74, 6) is 1.06. The van der Waals surface area contributed by atoms with Gasteiger partial charge in [0.15, 0.2) is 5.82 Å². The normalized spacial score (nSPS) is 15.7. The van der Waals surface area contributed by atoms with Crippen molar-refractivity contribution in [1.29, 1.82) is 0 Å². The van der Waals surface area contributed by atoms with Gasteiger partial charge >= 0.3 is 0 Å². The lowest BCUT2D eigenvalue weighted by atomic mass is 10.1. The molecule has 6 bridgehead atoms. The van der Waals surface area contributed by atoms with Crippen LogP contribution >= 0.6 is 11.6 Å². The van der Waals surface area contributed by atoms with Crippen LogP contribution in [-0.4, -0.2) is 50.9 Å². The Morgan fingerprint density at radius 2 is 2.00 bits per heavy atom. The summed E-state index contributed by atoms with van der Waals surface area (Å²) in [5.41, 5.74) is 3.62. The Bertz CT molecular complexity index is 1080. The monoisotopic (exact) mass is 437 g/mol. The third-order valence-corrected chi connectivity index (χ3v) is 5.18. The average molecular weight is 438 g/mol. The Labute approximate surface area is 186 Å². The highest BCUT2D eigenvalue weighted by Gasteiger charge is 2.10. The second kappa shape index (κ2) is 9.80. The average Bonchev–Trinajstić information content (AvgIpc) is 2.75. The van der Waals surface area contributed by atoms with Crippen LogP contribution in [0.15, 0.2) is 42.9 Å². The predicted molar refractivity (Wildman–Crippen MR) is 120 cm³/mol. The number of hydrogen-bond donors (Lipinski definition) is 2. The molecule has 31 heavy (non-hydrogen) atoms. The lowest BCUT2D eigenvalue weighted by Gasteiger charge is -2.17. The maximum atomic E-state index is 12.2. The second-order valence-electron chi connectivity index (χ2n) is 7.58. The van der Waals surface area contributed by atoms with Crippen molar-refractivity contribution in [2.24, 2.45) is 0 Å². The molecule has 0 saturated carbocycles. The minimum atomic E-state index is 0.0513. The number of nitrogens with zero attached hydrogens (tertiary/aromatic N) is 5. The Morgan fingerprint density at radius 3 is 2.90 bits per heavy atom. The molecule has 1 aliphatic rings. The molecule has 2 N–H and O–H groups in total. The fraction of sp³-hybridized carbons (Fsp3) is 0.318. The smallest absolute Gasteiger partial charge is 0.230 e. The number of rotatable bonds is 0. The molecule has 0 fully saturated rings. The molecule has 0 unspecified atom stereocenters. The lowest BCUT2D eigenvalue weighted by molar-refractivity contribution is -0.121. The molecule has 0 radical (unpaired) electrons. The summed E-state index contributed by atoms with van der Waals surface area (Å²) in [6, 6.07) is 9.60. The van der Waals surface area contributed by atoms with E-state index in [9.17, 15) is 4.79 Å². The molecular weight excluding hydrogens is 414 g/mol. The number of carbonyl (C=O) groups is 1. The number of aryl methyl sites for hydroxylation is 1. The third kappa shape index (κ3) is 5.96. The molecule has 1 aromatic carbocycles. The minimum absolute atomic E-state index is 0.0513. The zero-order valence-electron chi connectivity index (χ0n) is 17.3. The van der Waals surface area contributed by atoms with Crippen LogP contribution in [0.1, 0.15) is 24.1 Å². The van der Waals surface area contributed by atoms with Crippen LogP contribution in [-0.2, 0) is 17.8 Å². The van der Waals surface area contributed by atoms with E-state index in [4.69, 9.17) is 11.6 Å². The van der Waals surface area contributed by atoms with Crippen molar-refractivity contribution >= 4 is 29.1 Å². The van der Waals surface area contributed by atoms with Crippen LogP contribution in [0, 0.1) is 0 Å². The number of hydrogen-bond acceptors (Lipinski definition) is 7. The number of aromatic nitrogens is 4. The van der Waals surface area contributed by atoms with Crippen molar-refractivity contribution in [3.63, 3.8) is 0 Å². The molecule has 8 nitrogen and oxygen atoms in total. The molecule has 9 heteroatoms. The maximum absolute atomic E-state index is 12.2. The van der Waals surface area contributed by atoms with Gasteiger partial charge in [0.25, 0.3) is 0 Å². The first-order valence-corrected chi connectivity index (χ1v) is 10.6. The number of pyridine rings is 1. The van der Waals surface area contributed by atoms with Gasteiger partial charge in [0, 0.05) is 54.2 Å². The van der Waals surface area contributed by atoms with Crippen molar-refractivity contribution in [1.82, 2.24) is 30.2 Å². The van der Waals surface area contributed by atoms with Gasteiger partial charge < -0.3 is 15.5 Å². The van der Waals surface area contributed by atoms with Gasteiger partial charge in [-0.2, -0.15) is 4.98 Å². The highest BCUT2D eigenvalue weighted by atomic mass is 35.5. The first kappa shape index (κ1) is 21.1. The number of nitrogens with one attached hydrogen (secondary N) is 2. The molecule has 160 valence electrons. The van der Waals surface area contributed by atoms with E-state index in [-0.39, 0.29) is 5.91 Å². The SMILES string of the molecule is CN1CCC(=O)NCCCc2cc(ccn2)-c2ncnc(n2)Nc2cc(Cl)cc(c2)C1. The van der Waals surface area contributed by atoms with Gasteiger partial charge in [0.2, 0.25) is 11.9 Å².